The van der Waals surface area contributed by atoms with E-state index in [0.717, 1.165) is 56.9 Å². The molecule has 1 amide bonds. The maximum Gasteiger partial charge on any atom is 0.270 e. The van der Waals surface area contributed by atoms with Crippen LogP contribution in [0.4, 0.5) is 0 Å². The van der Waals surface area contributed by atoms with Gasteiger partial charge in [0.05, 0.1) is 7.11 Å². The van der Waals surface area contributed by atoms with E-state index in [1.54, 1.807) is 7.11 Å². The Kier molecular flexibility index (Phi) is 6.22. The van der Waals surface area contributed by atoms with Crippen molar-refractivity contribution in [3.8, 4) is 5.75 Å². The second-order valence-electron chi connectivity index (χ2n) is 7.45. The SMILES string of the molecule is CCCCN(C)C(=O)c1cc2c(n1C)CCN(Cc1cccc(OC)c1)C2. The van der Waals surface area contributed by atoms with Gasteiger partial charge in [-0.15, -0.1) is 0 Å². The molecule has 2 heterocycles. The van der Waals surface area contributed by atoms with Crippen LogP contribution in [0.15, 0.2) is 30.3 Å². The minimum absolute atomic E-state index is 0.125. The second-order valence-corrected chi connectivity index (χ2v) is 7.45. The van der Waals surface area contributed by atoms with Gasteiger partial charge < -0.3 is 14.2 Å². The molecule has 27 heavy (non-hydrogen) atoms. The predicted molar refractivity (Wildman–Crippen MR) is 108 cm³/mol. The van der Waals surface area contributed by atoms with Crippen molar-refractivity contribution in [2.24, 2.45) is 7.05 Å². The van der Waals surface area contributed by atoms with Crippen molar-refractivity contribution in [2.45, 2.75) is 39.3 Å². The highest BCUT2D eigenvalue weighted by molar-refractivity contribution is 5.93. The molecule has 0 aliphatic carbocycles. The molecule has 1 aromatic heterocycles. The maximum atomic E-state index is 12.8. The van der Waals surface area contributed by atoms with Crippen LogP contribution in [0.3, 0.4) is 0 Å². The summed E-state index contributed by atoms with van der Waals surface area (Å²) in [4.78, 5) is 17.1. The zero-order chi connectivity index (χ0) is 19.4. The summed E-state index contributed by atoms with van der Waals surface area (Å²) in [5.74, 6) is 1.02. The zero-order valence-corrected chi connectivity index (χ0v) is 17.0. The van der Waals surface area contributed by atoms with Gasteiger partial charge in [0.15, 0.2) is 0 Å². The fourth-order valence-corrected chi connectivity index (χ4v) is 3.82. The summed E-state index contributed by atoms with van der Waals surface area (Å²) in [6, 6.07) is 10.3. The van der Waals surface area contributed by atoms with E-state index in [9.17, 15) is 4.79 Å². The van der Waals surface area contributed by atoms with E-state index in [0.29, 0.717) is 0 Å². The van der Waals surface area contributed by atoms with E-state index < -0.39 is 0 Å². The van der Waals surface area contributed by atoms with Crippen molar-refractivity contribution in [2.75, 3.05) is 27.2 Å². The first-order valence-electron chi connectivity index (χ1n) is 9.81. The highest BCUT2D eigenvalue weighted by Gasteiger charge is 2.25. The van der Waals surface area contributed by atoms with Gasteiger partial charge in [0.1, 0.15) is 11.4 Å². The number of amides is 1. The van der Waals surface area contributed by atoms with E-state index in [4.69, 9.17) is 4.74 Å². The molecule has 0 N–H and O–H groups in total. The van der Waals surface area contributed by atoms with Gasteiger partial charge in [0.25, 0.3) is 5.91 Å². The number of unbranched alkanes of at least 4 members (excludes halogenated alkanes) is 1. The number of hydrogen-bond donors (Lipinski definition) is 0. The van der Waals surface area contributed by atoms with Crippen molar-refractivity contribution in [3.63, 3.8) is 0 Å². The number of hydrogen-bond acceptors (Lipinski definition) is 3. The van der Waals surface area contributed by atoms with E-state index in [2.05, 4.69) is 34.6 Å². The Hall–Kier alpha value is -2.27. The molecule has 0 spiro atoms. The molecule has 0 fully saturated rings. The second kappa shape index (κ2) is 8.61. The van der Waals surface area contributed by atoms with Gasteiger partial charge in [0.2, 0.25) is 0 Å². The number of carbonyl (C=O) groups is 1. The minimum Gasteiger partial charge on any atom is -0.497 e. The van der Waals surface area contributed by atoms with Crippen LogP contribution in [0.2, 0.25) is 0 Å². The van der Waals surface area contributed by atoms with Crippen LogP contribution in [-0.2, 0) is 26.6 Å². The summed E-state index contributed by atoms with van der Waals surface area (Å²) in [5, 5.41) is 0. The quantitative estimate of drug-likeness (QED) is 0.750. The number of fused-ring (bicyclic) bond motifs is 1. The molecule has 5 nitrogen and oxygen atoms in total. The molecule has 1 aliphatic heterocycles. The lowest BCUT2D eigenvalue weighted by Gasteiger charge is -2.27. The van der Waals surface area contributed by atoms with E-state index >= 15 is 0 Å². The number of carbonyl (C=O) groups excluding carboxylic acids is 1. The first-order valence-corrected chi connectivity index (χ1v) is 9.81. The summed E-state index contributed by atoms with van der Waals surface area (Å²) < 4.78 is 7.43. The summed E-state index contributed by atoms with van der Waals surface area (Å²) in [7, 11) is 5.63. The van der Waals surface area contributed by atoms with E-state index in [1.165, 1.54) is 16.8 Å². The molecule has 0 unspecified atom stereocenters. The molecule has 0 radical (unpaired) electrons. The molecule has 146 valence electrons. The number of methoxy groups -OCH3 is 1. The van der Waals surface area contributed by atoms with Crippen LogP contribution >= 0.6 is 0 Å². The highest BCUT2D eigenvalue weighted by atomic mass is 16.5. The molecule has 3 rings (SSSR count). The standard InChI is InChI=1S/C22H31N3O2/c1-5-6-11-23(2)22(26)21-14-18-16-25(12-10-20(18)24(21)3)15-17-8-7-9-19(13-17)27-4/h7-9,13-14H,5-6,10-12,15-16H2,1-4H3. The molecule has 1 aliphatic rings. The van der Waals surface area contributed by atoms with Gasteiger partial charge in [-0.2, -0.15) is 0 Å². The van der Waals surface area contributed by atoms with Crippen LogP contribution in [0.5, 0.6) is 5.75 Å². The van der Waals surface area contributed by atoms with Crippen molar-refractivity contribution >= 4 is 5.91 Å². The molecule has 0 saturated heterocycles. The summed E-state index contributed by atoms with van der Waals surface area (Å²) in [6.45, 7) is 5.74. The Morgan fingerprint density at radius 1 is 1.30 bits per heavy atom. The Labute approximate surface area is 162 Å². The molecule has 5 heteroatoms. The van der Waals surface area contributed by atoms with Gasteiger partial charge in [-0.1, -0.05) is 25.5 Å². The summed E-state index contributed by atoms with van der Waals surface area (Å²) in [5.41, 5.74) is 4.63. The Balaban J connectivity index is 1.71. The lowest BCUT2D eigenvalue weighted by atomic mass is 10.1. The lowest BCUT2D eigenvalue weighted by Crippen LogP contribution is -2.31. The number of rotatable bonds is 7. The largest absolute Gasteiger partial charge is 0.497 e. The lowest BCUT2D eigenvalue weighted by molar-refractivity contribution is 0.0783. The molecular formula is C22H31N3O2. The number of benzene rings is 1. The average molecular weight is 370 g/mol. The van der Waals surface area contributed by atoms with Gasteiger partial charge in [-0.05, 0) is 35.7 Å². The average Bonchev–Trinajstić information content (AvgIpc) is 3.01. The van der Waals surface area contributed by atoms with Crippen molar-refractivity contribution in [1.29, 1.82) is 0 Å². The van der Waals surface area contributed by atoms with Crippen LogP contribution in [-0.4, -0.2) is 47.5 Å². The van der Waals surface area contributed by atoms with Crippen molar-refractivity contribution in [1.82, 2.24) is 14.4 Å². The number of ether oxygens (including phenoxy) is 1. The fraction of sp³-hybridized carbons (Fsp3) is 0.500. The summed E-state index contributed by atoms with van der Waals surface area (Å²) >= 11 is 0. The maximum absolute atomic E-state index is 12.8. The third kappa shape index (κ3) is 4.35. The third-order valence-electron chi connectivity index (χ3n) is 5.46. The van der Waals surface area contributed by atoms with Gasteiger partial charge in [-0.3, -0.25) is 9.69 Å². The van der Waals surface area contributed by atoms with Gasteiger partial charge in [-0.25, -0.2) is 0 Å². The molecule has 1 aromatic carbocycles. The zero-order valence-electron chi connectivity index (χ0n) is 17.0. The molecule has 2 aromatic rings. The van der Waals surface area contributed by atoms with E-state index in [1.807, 2.05) is 31.1 Å². The van der Waals surface area contributed by atoms with Crippen LogP contribution in [0, 0.1) is 0 Å². The van der Waals surface area contributed by atoms with Gasteiger partial charge >= 0.3 is 0 Å². The summed E-state index contributed by atoms with van der Waals surface area (Å²) in [6.07, 6.45) is 3.11. The first kappa shape index (κ1) is 19.5. The van der Waals surface area contributed by atoms with Crippen LogP contribution in [0.25, 0.3) is 0 Å². The highest BCUT2D eigenvalue weighted by Crippen LogP contribution is 2.25. The van der Waals surface area contributed by atoms with E-state index in [-0.39, 0.29) is 5.91 Å². The normalized spacial score (nSPS) is 14.1. The molecule has 0 atom stereocenters. The minimum atomic E-state index is 0.125. The number of aromatic nitrogens is 1. The van der Waals surface area contributed by atoms with Gasteiger partial charge in [0, 0.05) is 52.4 Å². The molecule has 0 saturated carbocycles. The fourth-order valence-electron chi connectivity index (χ4n) is 3.82. The molecular weight excluding hydrogens is 338 g/mol. The Bertz CT molecular complexity index is 797. The predicted octanol–water partition coefficient (Wildman–Crippen LogP) is 3.46. The van der Waals surface area contributed by atoms with Crippen LogP contribution < -0.4 is 4.74 Å². The first-order chi connectivity index (χ1) is 13.0. The topological polar surface area (TPSA) is 37.7 Å². The Morgan fingerprint density at radius 2 is 2.11 bits per heavy atom. The smallest absolute Gasteiger partial charge is 0.270 e. The van der Waals surface area contributed by atoms with Crippen molar-refractivity contribution in [3.05, 3.63) is 52.8 Å². The monoisotopic (exact) mass is 369 g/mol. The Morgan fingerprint density at radius 3 is 2.85 bits per heavy atom. The number of nitrogens with zero attached hydrogens (tertiary/aromatic N) is 3. The van der Waals surface area contributed by atoms with Crippen molar-refractivity contribution < 1.29 is 9.53 Å². The van der Waals surface area contributed by atoms with Crippen LogP contribution in [0.1, 0.15) is 47.1 Å². The molecule has 0 bridgehead atoms. The third-order valence-corrected chi connectivity index (χ3v) is 5.46.